The molecule has 0 bridgehead atoms. The van der Waals surface area contributed by atoms with Crippen molar-refractivity contribution in [1.29, 1.82) is 0 Å². The Balaban J connectivity index is 1.94. The Labute approximate surface area is 105 Å². The van der Waals surface area contributed by atoms with Gasteiger partial charge < -0.3 is 4.57 Å². The minimum atomic E-state index is 0.623. The number of aromatic nitrogens is 2. The maximum absolute atomic E-state index is 10.2. The lowest BCUT2D eigenvalue weighted by Gasteiger charge is -2.11. The van der Waals surface area contributed by atoms with Gasteiger partial charge in [0.15, 0.2) is 0 Å². The average Bonchev–Trinajstić information content (AvgIpc) is 2.84. The molecule has 1 aliphatic heterocycles. The number of imidazole rings is 1. The summed E-state index contributed by atoms with van der Waals surface area (Å²) < 4.78 is 2.23. The summed E-state index contributed by atoms with van der Waals surface area (Å²) in [4.78, 5) is 18.4. The second-order valence-electron chi connectivity index (χ2n) is 4.44. The third kappa shape index (κ3) is 1.98. The highest BCUT2D eigenvalue weighted by molar-refractivity contribution is 5.62. The van der Waals surface area contributed by atoms with E-state index in [0.29, 0.717) is 5.69 Å². The van der Waals surface area contributed by atoms with Crippen molar-refractivity contribution < 1.29 is 4.79 Å². The van der Waals surface area contributed by atoms with Crippen LogP contribution in [0, 0.1) is 0 Å². The van der Waals surface area contributed by atoms with Crippen LogP contribution in [-0.2, 0) is 17.8 Å². The predicted octanol–water partition coefficient (Wildman–Crippen LogP) is 2.85. The number of rotatable bonds is 2. The van der Waals surface area contributed by atoms with Crippen molar-refractivity contribution in [3.63, 3.8) is 0 Å². The summed E-state index contributed by atoms with van der Waals surface area (Å²) in [7, 11) is 0. The summed E-state index contributed by atoms with van der Waals surface area (Å²) in [5, 5.41) is 0. The van der Waals surface area contributed by atoms with Crippen LogP contribution in [0.2, 0.25) is 0 Å². The molecule has 3 rings (SSSR count). The summed E-state index contributed by atoms with van der Waals surface area (Å²) in [6, 6.07) is 7.48. The third-order valence-corrected chi connectivity index (χ3v) is 3.25. The molecule has 1 aliphatic rings. The van der Waals surface area contributed by atoms with E-state index >= 15 is 0 Å². The van der Waals surface area contributed by atoms with Gasteiger partial charge >= 0.3 is 0 Å². The second-order valence-corrected chi connectivity index (χ2v) is 4.44. The highest BCUT2D eigenvalue weighted by atomic mass is 16.1. The molecular formula is C14H13N3O. The van der Waals surface area contributed by atoms with E-state index in [-0.39, 0.29) is 0 Å². The van der Waals surface area contributed by atoms with E-state index in [9.17, 15) is 4.79 Å². The number of nitrogens with zero attached hydrogens (tertiary/aromatic N) is 3. The Bertz CT molecular complexity index is 583. The molecule has 0 unspecified atom stereocenters. The molecule has 4 heteroatoms. The van der Waals surface area contributed by atoms with Crippen molar-refractivity contribution in [2.75, 3.05) is 0 Å². The molecule has 1 aromatic heterocycles. The van der Waals surface area contributed by atoms with Crippen molar-refractivity contribution in [2.45, 2.75) is 25.8 Å². The van der Waals surface area contributed by atoms with Crippen LogP contribution in [0.4, 0.5) is 5.69 Å². The van der Waals surface area contributed by atoms with E-state index in [4.69, 9.17) is 0 Å². The molecule has 0 radical (unpaired) electrons. The van der Waals surface area contributed by atoms with E-state index in [2.05, 4.69) is 20.7 Å². The van der Waals surface area contributed by atoms with E-state index in [0.717, 1.165) is 24.2 Å². The Morgan fingerprint density at radius 1 is 1.22 bits per heavy atom. The minimum Gasteiger partial charge on any atom is -0.334 e. The molecule has 0 saturated heterocycles. The van der Waals surface area contributed by atoms with Crippen LogP contribution in [0.5, 0.6) is 0 Å². The van der Waals surface area contributed by atoms with Crippen LogP contribution >= 0.6 is 0 Å². The summed E-state index contributed by atoms with van der Waals surface area (Å²) in [5.74, 6) is 1.17. The quantitative estimate of drug-likeness (QED) is 0.597. The van der Waals surface area contributed by atoms with E-state index in [1.165, 1.54) is 24.7 Å². The van der Waals surface area contributed by atoms with Crippen molar-refractivity contribution in [1.82, 2.24) is 9.55 Å². The largest absolute Gasteiger partial charge is 0.334 e. The minimum absolute atomic E-state index is 0.623. The van der Waals surface area contributed by atoms with Gasteiger partial charge in [0, 0.05) is 24.7 Å². The van der Waals surface area contributed by atoms with Gasteiger partial charge in [0.1, 0.15) is 5.82 Å². The van der Waals surface area contributed by atoms with Crippen LogP contribution in [-0.4, -0.2) is 15.6 Å². The topological polar surface area (TPSA) is 47.2 Å². The number of isocyanates is 1. The van der Waals surface area contributed by atoms with Crippen LogP contribution in [0.25, 0.3) is 11.3 Å². The molecule has 1 aromatic carbocycles. The molecule has 90 valence electrons. The first-order chi connectivity index (χ1) is 8.86. The third-order valence-electron chi connectivity index (χ3n) is 3.25. The molecule has 0 saturated carbocycles. The Morgan fingerprint density at radius 2 is 2.06 bits per heavy atom. The van der Waals surface area contributed by atoms with Crippen LogP contribution in [0.3, 0.4) is 0 Å². The highest BCUT2D eigenvalue weighted by Gasteiger charge is 2.12. The van der Waals surface area contributed by atoms with Gasteiger partial charge in [-0.05, 0) is 25.0 Å². The molecule has 2 aromatic rings. The molecule has 0 aliphatic carbocycles. The Kier molecular flexibility index (Phi) is 2.79. The number of carbonyl (C=O) groups excluding carboxylic acids is 1. The zero-order valence-corrected chi connectivity index (χ0v) is 9.97. The number of benzene rings is 1. The van der Waals surface area contributed by atoms with Gasteiger partial charge in [-0.25, -0.2) is 9.78 Å². The van der Waals surface area contributed by atoms with Gasteiger partial charge in [-0.1, -0.05) is 12.1 Å². The van der Waals surface area contributed by atoms with E-state index in [1.807, 2.05) is 12.1 Å². The molecule has 0 atom stereocenters. The molecule has 0 N–H and O–H groups in total. The number of hydrogen-bond acceptors (Lipinski definition) is 3. The van der Waals surface area contributed by atoms with Crippen molar-refractivity contribution in [3.05, 3.63) is 36.3 Å². The fraction of sp³-hybridized carbons (Fsp3) is 0.286. The lowest BCUT2D eigenvalue weighted by molar-refractivity contribution is 0.522. The molecule has 2 heterocycles. The number of fused-ring (bicyclic) bond motifs is 1. The van der Waals surface area contributed by atoms with Gasteiger partial charge in [0.25, 0.3) is 0 Å². The van der Waals surface area contributed by atoms with Crippen molar-refractivity contribution >= 4 is 11.8 Å². The van der Waals surface area contributed by atoms with Gasteiger partial charge in [-0.2, -0.15) is 4.99 Å². The van der Waals surface area contributed by atoms with Crippen molar-refractivity contribution in [2.24, 2.45) is 4.99 Å². The average molecular weight is 239 g/mol. The lowest BCUT2D eigenvalue weighted by Crippen LogP contribution is -2.08. The van der Waals surface area contributed by atoms with Crippen LogP contribution in [0.1, 0.15) is 18.7 Å². The van der Waals surface area contributed by atoms with Gasteiger partial charge in [0.05, 0.1) is 11.4 Å². The maximum atomic E-state index is 10.2. The number of hydrogen-bond donors (Lipinski definition) is 0. The van der Waals surface area contributed by atoms with Crippen LogP contribution in [0.15, 0.2) is 35.5 Å². The molecule has 0 amide bonds. The first-order valence-corrected chi connectivity index (χ1v) is 6.11. The van der Waals surface area contributed by atoms with Gasteiger partial charge in [0.2, 0.25) is 6.08 Å². The highest BCUT2D eigenvalue weighted by Crippen LogP contribution is 2.24. The second kappa shape index (κ2) is 4.59. The lowest BCUT2D eigenvalue weighted by atomic mass is 10.1. The standard InChI is InChI=1S/C14H13N3O/c18-10-15-12-6-4-11(5-7-12)13-9-17-8-2-1-3-14(17)16-13/h4-7,9H,1-3,8H2. The Hall–Kier alpha value is -2.19. The first kappa shape index (κ1) is 10.9. The van der Waals surface area contributed by atoms with Crippen LogP contribution < -0.4 is 0 Å². The Morgan fingerprint density at radius 3 is 2.78 bits per heavy atom. The predicted molar refractivity (Wildman–Crippen MR) is 68.4 cm³/mol. The van der Waals surface area contributed by atoms with Gasteiger partial charge in [-0.15, -0.1) is 0 Å². The number of aryl methyl sites for hydroxylation is 2. The summed E-state index contributed by atoms with van der Waals surface area (Å²) >= 11 is 0. The summed E-state index contributed by atoms with van der Waals surface area (Å²) in [6.45, 7) is 1.07. The zero-order valence-electron chi connectivity index (χ0n) is 9.97. The molecular weight excluding hydrogens is 226 g/mol. The van der Waals surface area contributed by atoms with Crippen molar-refractivity contribution in [3.8, 4) is 11.3 Å². The maximum Gasteiger partial charge on any atom is 0.240 e. The SMILES string of the molecule is O=C=Nc1ccc(-c2cn3c(n2)CCCC3)cc1. The summed E-state index contributed by atoms with van der Waals surface area (Å²) in [5.41, 5.74) is 2.67. The van der Waals surface area contributed by atoms with E-state index < -0.39 is 0 Å². The molecule has 0 spiro atoms. The monoisotopic (exact) mass is 239 g/mol. The van der Waals surface area contributed by atoms with E-state index in [1.54, 1.807) is 12.1 Å². The zero-order chi connectivity index (χ0) is 12.4. The fourth-order valence-electron chi connectivity index (χ4n) is 2.31. The first-order valence-electron chi connectivity index (χ1n) is 6.11. The normalized spacial score (nSPS) is 13.8. The fourth-order valence-corrected chi connectivity index (χ4v) is 2.31. The molecule has 4 nitrogen and oxygen atoms in total. The molecule has 18 heavy (non-hydrogen) atoms. The molecule has 0 fully saturated rings. The van der Waals surface area contributed by atoms with Gasteiger partial charge in [-0.3, -0.25) is 0 Å². The number of aliphatic imine (C=N–C) groups is 1. The smallest absolute Gasteiger partial charge is 0.240 e. The summed E-state index contributed by atoms with van der Waals surface area (Å²) in [6.07, 6.45) is 7.16.